The molecule has 1 aromatic rings. The van der Waals surface area contributed by atoms with Gasteiger partial charge < -0.3 is 15.5 Å². The standard InChI is InChI=1S/C17H24ClN3O2/c1-12(2)11-15(19)17(23)21-9-7-20(8-10-21)16(22)13-3-5-14(18)6-4-13/h3-6,12,15H,7-11,19H2,1-2H3/t15-/m0/s1. The fourth-order valence-electron chi connectivity index (χ4n) is 2.75. The van der Waals surface area contributed by atoms with E-state index in [9.17, 15) is 9.59 Å². The summed E-state index contributed by atoms with van der Waals surface area (Å²) in [5, 5.41) is 0.608. The van der Waals surface area contributed by atoms with Gasteiger partial charge in [-0.25, -0.2) is 0 Å². The molecule has 0 spiro atoms. The van der Waals surface area contributed by atoms with Crippen LogP contribution < -0.4 is 5.73 Å². The van der Waals surface area contributed by atoms with Crippen LogP contribution in [0.2, 0.25) is 5.02 Å². The van der Waals surface area contributed by atoms with Crippen molar-refractivity contribution in [2.24, 2.45) is 11.7 Å². The molecule has 0 unspecified atom stereocenters. The fourth-order valence-corrected chi connectivity index (χ4v) is 2.87. The zero-order valence-electron chi connectivity index (χ0n) is 13.7. The zero-order valence-corrected chi connectivity index (χ0v) is 14.4. The summed E-state index contributed by atoms with van der Waals surface area (Å²) in [5.74, 6) is 0.347. The van der Waals surface area contributed by atoms with Crippen molar-refractivity contribution in [1.82, 2.24) is 9.80 Å². The Bertz CT molecular complexity index is 551. The van der Waals surface area contributed by atoms with Crippen LogP contribution in [-0.2, 0) is 4.79 Å². The average Bonchev–Trinajstić information content (AvgIpc) is 2.53. The SMILES string of the molecule is CC(C)C[C@H](N)C(=O)N1CCN(C(=O)c2ccc(Cl)cc2)CC1. The van der Waals surface area contributed by atoms with Crippen molar-refractivity contribution in [2.45, 2.75) is 26.3 Å². The molecule has 0 bridgehead atoms. The second-order valence-electron chi connectivity index (χ2n) is 6.36. The van der Waals surface area contributed by atoms with Crippen LogP contribution in [-0.4, -0.2) is 53.8 Å². The van der Waals surface area contributed by atoms with Crippen LogP contribution in [0.1, 0.15) is 30.6 Å². The predicted octanol–water partition coefficient (Wildman–Crippen LogP) is 2.00. The fraction of sp³-hybridized carbons (Fsp3) is 0.529. The minimum absolute atomic E-state index is 0.0164. The molecule has 0 aliphatic carbocycles. The van der Waals surface area contributed by atoms with Crippen molar-refractivity contribution in [1.29, 1.82) is 0 Å². The second-order valence-corrected chi connectivity index (χ2v) is 6.80. The molecule has 2 rings (SSSR count). The van der Waals surface area contributed by atoms with Gasteiger partial charge in [0.1, 0.15) is 0 Å². The van der Waals surface area contributed by atoms with Crippen molar-refractivity contribution >= 4 is 23.4 Å². The number of hydrogen-bond donors (Lipinski definition) is 1. The number of piperazine rings is 1. The Kier molecular flexibility index (Phi) is 6.02. The maximum absolute atomic E-state index is 12.4. The summed E-state index contributed by atoms with van der Waals surface area (Å²) in [6, 6.07) is 6.41. The minimum atomic E-state index is -0.450. The molecule has 2 N–H and O–H groups in total. The number of amides is 2. The summed E-state index contributed by atoms with van der Waals surface area (Å²) < 4.78 is 0. The molecular weight excluding hydrogens is 314 g/mol. The topological polar surface area (TPSA) is 66.6 Å². The number of benzene rings is 1. The maximum Gasteiger partial charge on any atom is 0.253 e. The largest absolute Gasteiger partial charge is 0.338 e. The summed E-state index contributed by atoms with van der Waals surface area (Å²) in [4.78, 5) is 28.2. The van der Waals surface area contributed by atoms with E-state index in [0.717, 1.165) is 0 Å². The summed E-state index contributed by atoms with van der Waals surface area (Å²) in [7, 11) is 0. The lowest BCUT2D eigenvalue weighted by Gasteiger charge is -2.36. The average molecular weight is 338 g/mol. The van der Waals surface area contributed by atoms with Gasteiger partial charge in [0.2, 0.25) is 5.91 Å². The lowest BCUT2D eigenvalue weighted by Crippen LogP contribution is -2.54. The van der Waals surface area contributed by atoms with Gasteiger partial charge in [0.15, 0.2) is 0 Å². The highest BCUT2D eigenvalue weighted by atomic mass is 35.5. The molecule has 0 saturated carbocycles. The Labute approximate surface area is 142 Å². The smallest absolute Gasteiger partial charge is 0.253 e. The zero-order chi connectivity index (χ0) is 17.0. The molecule has 0 radical (unpaired) electrons. The maximum atomic E-state index is 12.4. The molecule has 2 amide bonds. The predicted molar refractivity (Wildman–Crippen MR) is 91.4 cm³/mol. The summed E-state index contributed by atoms with van der Waals surface area (Å²) >= 11 is 5.84. The van der Waals surface area contributed by atoms with E-state index in [4.69, 9.17) is 17.3 Å². The second kappa shape index (κ2) is 7.79. The quantitative estimate of drug-likeness (QED) is 0.913. The highest BCUT2D eigenvalue weighted by Crippen LogP contribution is 2.14. The normalized spacial score (nSPS) is 16.6. The molecule has 1 saturated heterocycles. The molecule has 1 heterocycles. The summed E-state index contributed by atoms with van der Waals surface area (Å²) in [6.07, 6.45) is 0.683. The highest BCUT2D eigenvalue weighted by molar-refractivity contribution is 6.30. The molecule has 5 nitrogen and oxygen atoms in total. The molecule has 1 fully saturated rings. The van der Waals surface area contributed by atoms with E-state index in [-0.39, 0.29) is 11.8 Å². The first-order valence-electron chi connectivity index (χ1n) is 7.97. The Balaban J connectivity index is 1.89. The van der Waals surface area contributed by atoms with Crippen LogP contribution in [0.15, 0.2) is 24.3 Å². The van der Waals surface area contributed by atoms with Crippen LogP contribution in [0.5, 0.6) is 0 Å². The van der Waals surface area contributed by atoms with Gasteiger partial charge >= 0.3 is 0 Å². The Morgan fingerprint density at radius 3 is 2.13 bits per heavy atom. The van der Waals surface area contributed by atoms with Gasteiger partial charge in [0.25, 0.3) is 5.91 Å². The van der Waals surface area contributed by atoms with E-state index in [1.54, 1.807) is 34.1 Å². The molecule has 6 heteroatoms. The monoisotopic (exact) mass is 337 g/mol. The molecule has 126 valence electrons. The summed E-state index contributed by atoms with van der Waals surface area (Å²) in [5.41, 5.74) is 6.58. The number of carbonyl (C=O) groups is 2. The van der Waals surface area contributed by atoms with E-state index >= 15 is 0 Å². The Morgan fingerprint density at radius 2 is 1.61 bits per heavy atom. The van der Waals surface area contributed by atoms with Crippen molar-refractivity contribution in [3.63, 3.8) is 0 Å². The van der Waals surface area contributed by atoms with Crippen molar-refractivity contribution in [3.8, 4) is 0 Å². The van der Waals surface area contributed by atoms with Gasteiger partial charge in [0.05, 0.1) is 6.04 Å². The van der Waals surface area contributed by atoms with Crippen LogP contribution >= 0.6 is 11.6 Å². The summed E-state index contributed by atoms with van der Waals surface area (Å²) in [6.45, 7) is 6.23. The molecule has 0 aromatic heterocycles. The van der Waals surface area contributed by atoms with Gasteiger partial charge in [-0.05, 0) is 36.6 Å². The van der Waals surface area contributed by atoms with E-state index in [0.29, 0.717) is 49.1 Å². The Hall–Kier alpha value is -1.59. The van der Waals surface area contributed by atoms with Gasteiger partial charge in [0, 0.05) is 36.8 Å². The first-order valence-corrected chi connectivity index (χ1v) is 8.35. The highest BCUT2D eigenvalue weighted by Gasteiger charge is 2.27. The van der Waals surface area contributed by atoms with Crippen LogP contribution in [0, 0.1) is 5.92 Å². The number of nitrogens with zero attached hydrogens (tertiary/aromatic N) is 2. The third-order valence-corrected chi connectivity index (χ3v) is 4.26. The molecule has 1 aliphatic rings. The number of hydrogen-bond acceptors (Lipinski definition) is 3. The molecule has 1 aliphatic heterocycles. The first kappa shape index (κ1) is 17.8. The van der Waals surface area contributed by atoms with E-state index in [1.807, 2.05) is 0 Å². The number of halogens is 1. The third-order valence-electron chi connectivity index (χ3n) is 4.01. The molecule has 23 heavy (non-hydrogen) atoms. The van der Waals surface area contributed by atoms with Gasteiger partial charge in [-0.3, -0.25) is 9.59 Å². The Morgan fingerprint density at radius 1 is 1.09 bits per heavy atom. The van der Waals surface area contributed by atoms with E-state index < -0.39 is 6.04 Å². The van der Waals surface area contributed by atoms with E-state index in [2.05, 4.69) is 13.8 Å². The number of nitrogens with two attached hydrogens (primary N) is 1. The molecular formula is C17H24ClN3O2. The van der Waals surface area contributed by atoms with Crippen molar-refractivity contribution in [2.75, 3.05) is 26.2 Å². The number of rotatable bonds is 4. The van der Waals surface area contributed by atoms with Crippen LogP contribution in [0.3, 0.4) is 0 Å². The van der Waals surface area contributed by atoms with Gasteiger partial charge in [-0.2, -0.15) is 0 Å². The molecule has 1 atom stereocenters. The lowest BCUT2D eigenvalue weighted by atomic mass is 10.0. The van der Waals surface area contributed by atoms with Gasteiger partial charge in [-0.15, -0.1) is 0 Å². The van der Waals surface area contributed by atoms with Crippen LogP contribution in [0.25, 0.3) is 0 Å². The van der Waals surface area contributed by atoms with Crippen molar-refractivity contribution < 1.29 is 9.59 Å². The number of carbonyl (C=O) groups excluding carboxylic acids is 2. The molecule has 1 aromatic carbocycles. The van der Waals surface area contributed by atoms with Crippen LogP contribution in [0.4, 0.5) is 0 Å². The van der Waals surface area contributed by atoms with Crippen molar-refractivity contribution in [3.05, 3.63) is 34.9 Å². The third kappa shape index (κ3) is 4.69. The first-order chi connectivity index (χ1) is 10.9. The minimum Gasteiger partial charge on any atom is -0.338 e. The lowest BCUT2D eigenvalue weighted by molar-refractivity contribution is -0.134. The van der Waals surface area contributed by atoms with Gasteiger partial charge in [-0.1, -0.05) is 25.4 Å². The van der Waals surface area contributed by atoms with E-state index in [1.165, 1.54) is 0 Å².